The summed E-state index contributed by atoms with van der Waals surface area (Å²) >= 11 is 0. The molecule has 12 heteroatoms. The minimum absolute atomic E-state index is 0.0771. The zero-order valence-electron chi connectivity index (χ0n) is 23.7. The molecule has 226 valence electrons. The lowest BCUT2D eigenvalue weighted by atomic mass is 9.95. The van der Waals surface area contributed by atoms with E-state index in [0.29, 0.717) is 31.3 Å². The lowest BCUT2D eigenvalue weighted by Gasteiger charge is -2.31. The van der Waals surface area contributed by atoms with Gasteiger partial charge in [-0.25, -0.2) is 13.2 Å². The summed E-state index contributed by atoms with van der Waals surface area (Å²) in [6, 6.07) is 5.15. The van der Waals surface area contributed by atoms with E-state index in [9.17, 15) is 18.7 Å². The number of cyclic esters (lactones) is 1. The number of carbonyl (C=O) groups excluding carboxylic acids is 1. The molecule has 7 rings (SSSR count). The van der Waals surface area contributed by atoms with E-state index in [-0.39, 0.29) is 70.4 Å². The number of hydrogen-bond donors (Lipinski definition) is 1. The molecular formula is C32H28F3N5O4. The number of nitrogens with zero attached hydrogens (tertiary/aromatic N) is 5. The molecule has 0 spiro atoms. The fourth-order valence-electron chi connectivity index (χ4n) is 6.82. The van der Waals surface area contributed by atoms with Crippen molar-refractivity contribution in [2.45, 2.75) is 37.4 Å². The van der Waals surface area contributed by atoms with Crippen molar-refractivity contribution >= 4 is 33.5 Å². The molecule has 9 nitrogen and oxygen atoms in total. The van der Waals surface area contributed by atoms with E-state index in [0.717, 1.165) is 19.4 Å². The number of alkyl halides is 1. The van der Waals surface area contributed by atoms with E-state index in [2.05, 4.69) is 25.8 Å². The Labute approximate surface area is 250 Å². The highest BCUT2D eigenvalue weighted by Crippen LogP contribution is 2.41. The normalized spacial score (nSPS) is 22.2. The lowest BCUT2D eigenvalue weighted by Crippen LogP contribution is -2.43. The second kappa shape index (κ2) is 10.8. The summed E-state index contributed by atoms with van der Waals surface area (Å²) in [7, 11) is 0. The van der Waals surface area contributed by atoms with Gasteiger partial charge in [0, 0.05) is 36.7 Å². The predicted octanol–water partition coefficient (Wildman–Crippen LogP) is 4.52. The Balaban J connectivity index is 1.39. The van der Waals surface area contributed by atoms with Gasteiger partial charge in [0.25, 0.3) is 0 Å². The summed E-state index contributed by atoms with van der Waals surface area (Å²) in [5.41, 5.74) is -0.894. The van der Waals surface area contributed by atoms with Crippen LogP contribution in [0.4, 0.5) is 19.0 Å². The van der Waals surface area contributed by atoms with Crippen molar-refractivity contribution in [2.75, 3.05) is 44.3 Å². The maximum atomic E-state index is 16.6. The Hall–Kier alpha value is -4.63. The number of pyridine rings is 1. The molecule has 0 bridgehead atoms. The van der Waals surface area contributed by atoms with E-state index in [1.165, 1.54) is 30.5 Å². The largest absolute Gasteiger partial charge is 0.508 e. The second-order valence-corrected chi connectivity index (χ2v) is 11.5. The summed E-state index contributed by atoms with van der Waals surface area (Å²) in [4.78, 5) is 29.5. The van der Waals surface area contributed by atoms with Crippen LogP contribution in [-0.2, 0) is 9.53 Å². The average Bonchev–Trinajstić information content (AvgIpc) is 3.43. The van der Waals surface area contributed by atoms with Crippen LogP contribution in [0.3, 0.4) is 0 Å². The topological polar surface area (TPSA) is 101 Å². The third kappa shape index (κ3) is 4.72. The SMILES string of the molecule is C#Cc1c(F)ccc2cc(O)cc(-c3ncc4c(N5CCCOC(=O)C5)nc(OCC56CCCN5CC(F)C6)nc4c3F)c12. The van der Waals surface area contributed by atoms with Crippen LogP contribution < -0.4 is 9.64 Å². The monoisotopic (exact) mass is 603 g/mol. The van der Waals surface area contributed by atoms with Crippen LogP contribution in [0.25, 0.3) is 32.9 Å². The minimum atomic E-state index is -0.962. The molecule has 3 aliphatic heterocycles. The zero-order valence-corrected chi connectivity index (χ0v) is 23.7. The van der Waals surface area contributed by atoms with E-state index < -0.39 is 29.3 Å². The molecule has 3 saturated heterocycles. The number of aromatic hydroxyl groups is 1. The Morgan fingerprint density at radius 3 is 2.91 bits per heavy atom. The maximum Gasteiger partial charge on any atom is 0.325 e. The first kappa shape index (κ1) is 28.2. The van der Waals surface area contributed by atoms with Gasteiger partial charge in [-0.15, -0.1) is 6.42 Å². The fraction of sp³-hybridized carbons (Fsp3) is 0.375. The van der Waals surface area contributed by atoms with Crippen LogP contribution in [0.15, 0.2) is 30.5 Å². The van der Waals surface area contributed by atoms with E-state index in [4.69, 9.17) is 15.9 Å². The first-order chi connectivity index (χ1) is 21.3. The number of fused-ring (bicyclic) bond motifs is 3. The van der Waals surface area contributed by atoms with Gasteiger partial charge in [-0.1, -0.05) is 12.0 Å². The number of anilines is 1. The van der Waals surface area contributed by atoms with Crippen molar-refractivity contribution in [3.8, 4) is 35.4 Å². The smallest absolute Gasteiger partial charge is 0.325 e. The number of halogens is 3. The summed E-state index contributed by atoms with van der Waals surface area (Å²) in [5.74, 6) is 0.349. The molecule has 0 saturated carbocycles. The lowest BCUT2D eigenvalue weighted by molar-refractivity contribution is -0.141. The van der Waals surface area contributed by atoms with Crippen LogP contribution in [0, 0.1) is 24.0 Å². The number of phenolic OH excluding ortho intramolecular Hbond substituents is 1. The molecule has 2 aromatic carbocycles. The third-order valence-corrected chi connectivity index (χ3v) is 8.78. The van der Waals surface area contributed by atoms with Crippen LogP contribution in [0.5, 0.6) is 11.8 Å². The molecule has 0 amide bonds. The van der Waals surface area contributed by atoms with E-state index in [1.807, 2.05) is 0 Å². The maximum absolute atomic E-state index is 16.6. The standard InChI is InChI=1S/C32H28F3N5O4/c1-2-21-24(34)6-5-18-11-20(41)12-22(26(18)21)28-27(35)29-23(14-36-28)30(39-8-4-10-43-25(42)16-39)38-31(37-29)44-17-32-7-3-9-40(32)15-19(33)13-32/h1,5-6,11-12,14,19,41H,3-4,7-10,13,15-17H2. The Morgan fingerprint density at radius 2 is 2.07 bits per heavy atom. The van der Waals surface area contributed by atoms with Crippen molar-refractivity contribution < 1.29 is 32.5 Å². The molecule has 44 heavy (non-hydrogen) atoms. The molecule has 0 radical (unpaired) electrons. The highest BCUT2D eigenvalue weighted by molar-refractivity contribution is 6.03. The molecule has 2 aromatic heterocycles. The zero-order chi connectivity index (χ0) is 30.6. The molecule has 5 heterocycles. The highest BCUT2D eigenvalue weighted by Gasteiger charge is 2.49. The van der Waals surface area contributed by atoms with E-state index >= 15 is 4.39 Å². The van der Waals surface area contributed by atoms with Gasteiger partial charge in [0.15, 0.2) is 5.82 Å². The van der Waals surface area contributed by atoms with Gasteiger partial charge in [-0.2, -0.15) is 9.97 Å². The summed E-state index contributed by atoms with van der Waals surface area (Å²) in [6.45, 7) is 1.72. The Morgan fingerprint density at radius 1 is 1.20 bits per heavy atom. The minimum Gasteiger partial charge on any atom is -0.508 e. The van der Waals surface area contributed by atoms with Crippen molar-refractivity contribution in [2.24, 2.45) is 0 Å². The van der Waals surface area contributed by atoms with Crippen LogP contribution in [0.2, 0.25) is 0 Å². The van der Waals surface area contributed by atoms with Crippen molar-refractivity contribution in [1.29, 1.82) is 0 Å². The number of terminal acetylenes is 1. The van der Waals surface area contributed by atoms with Crippen molar-refractivity contribution in [3.63, 3.8) is 0 Å². The van der Waals surface area contributed by atoms with E-state index in [1.54, 1.807) is 4.90 Å². The Kier molecular flexibility index (Phi) is 6.93. The number of hydrogen-bond acceptors (Lipinski definition) is 9. The number of phenols is 1. The predicted molar refractivity (Wildman–Crippen MR) is 156 cm³/mol. The molecule has 2 atom stereocenters. The highest BCUT2D eigenvalue weighted by atomic mass is 19.1. The number of carbonyl (C=O) groups is 1. The Bertz CT molecular complexity index is 1860. The number of esters is 1. The molecule has 3 aliphatic rings. The van der Waals surface area contributed by atoms with Crippen molar-refractivity contribution in [3.05, 3.63) is 47.7 Å². The van der Waals surface area contributed by atoms with Crippen LogP contribution in [0.1, 0.15) is 31.2 Å². The number of rotatable bonds is 5. The molecule has 0 aliphatic carbocycles. The van der Waals surface area contributed by atoms with Gasteiger partial charge in [0.1, 0.15) is 47.9 Å². The molecule has 1 N–H and O–H groups in total. The fourth-order valence-corrected chi connectivity index (χ4v) is 6.82. The average molecular weight is 604 g/mol. The van der Waals surface area contributed by atoms with Gasteiger partial charge < -0.3 is 19.5 Å². The van der Waals surface area contributed by atoms with Gasteiger partial charge in [-0.05, 0) is 49.4 Å². The van der Waals surface area contributed by atoms with Crippen LogP contribution >= 0.6 is 0 Å². The number of benzene rings is 2. The molecular weight excluding hydrogens is 575 g/mol. The number of ether oxygens (including phenoxy) is 2. The van der Waals surface area contributed by atoms with Gasteiger partial charge in [-0.3, -0.25) is 14.7 Å². The third-order valence-electron chi connectivity index (χ3n) is 8.78. The molecule has 2 unspecified atom stereocenters. The van der Waals surface area contributed by atoms with Crippen LogP contribution in [-0.4, -0.2) is 82.0 Å². The molecule has 3 fully saturated rings. The first-order valence-corrected chi connectivity index (χ1v) is 14.5. The second-order valence-electron chi connectivity index (χ2n) is 11.5. The van der Waals surface area contributed by atoms with Crippen molar-refractivity contribution in [1.82, 2.24) is 19.9 Å². The van der Waals surface area contributed by atoms with Gasteiger partial charge in [0.05, 0.1) is 23.1 Å². The summed E-state index contributed by atoms with van der Waals surface area (Å²) in [6.07, 6.45) is 8.56. The van der Waals surface area contributed by atoms with Gasteiger partial charge >= 0.3 is 12.0 Å². The summed E-state index contributed by atoms with van der Waals surface area (Å²) in [5, 5.41) is 11.3. The quantitative estimate of drug-likeness (QED) is 0.261. The first-order valence-electron chi connectivity index (χ1n) is 14.5. The number of aromatic nitrogens is 3. The molecule has 4 aromatic rings. The summed E-state index contributed by atoms with van der Waals surface area (Å²) < 4.78 is 57.1. The van der Waals surface area contributed by atoms with Gasteiger partial charge in [0.2, 0.25) is 0 Å².